The van der Waals surface area contributed by atoms with Crippen molar-refractivity contribution in [1.29, 1.82) is 0 Å². The van der Waals surface area contributed by atoms with E-state index >= 15 is 0 Å². The zero-order valence-electron chi connectivity index (χ0n) is 16.3. The standard InChI is InChI=1S/C20H27N3O5/c1-21-7-9-22(10-8-21)18(24)14-11-15(20(26)27)13-23(12-14)19(25)16-5-3-4-6-17(16)28-2/h3-6,14-15H,7-13H2,1-2H3,(H,26,27)/t14-,15+/m0/s1. The van der Waals surface area contributed by atoms with Gasteiger partial charge in [0.25, 0.3) is 5.91 Å². The third-order valence-corrected chi connectivity index (χ3v) is 5.59. The number of para-hydroxylation sites is 1. The van der Waals surface area contributed by atoms with E-state index in [9.17, 15) is 19.5 Å². The van der Waals surface area contributed by atoms with Crippen LogP contribution < -0.4 is 4.74 Å². The van der Waals surface area contributed by atoms with Gasteiger partial charge in [-0.15, -0.1) is 0 Å². The van der Waals surface area contributed by atoms with Gasteiger partial charge in [0.05, 0.1) is 24.5 Å². The summed E-state index contributed by atoms with van der Waals surface area (Å²) in [6.45, 7) is 3.17. The minimum Gasteiger partial charge on any atom is -0.496 e. The third-order valence-electron chi connectivity index (χ3n) is 5.59. The minimum absolute atomic E-state index is 0.0584. The maximum atomic E-state index is 13.1. The molecule has 3 rings (SSSR count). The van der Waals surface area contributed by atoms with E-state index < -0.39 is 17.8 Å². The molecule has 0 saturated carbocycles. The normalized spacial score (nSPS) is 23.4. The number of carboxylic acids is 1. The molecule has 2 saturated heterocycles. The summed E-state index contributed by atoms with van der Waals surface area (Å²) in [5, 5.41) is 9.56. The molecule has 8 nitrogen and oxygen atoms in total. The van der Waals surface area contributed by atoms with Crippen molar-refractivity contribution in [3.05, 3.63) is 29.8 Å². The first-order valence-electron chi connectivity index (χ1n) is 9.53. The molecule has 28 heavy (non-hydrogen) atoms. The van der Waals surface area contributed by atoms with Gasteiger partial charge in [-0.1, -0.05) is 12.1 Å². The number of piperidine rings is 1. The second kappa shape index (κ2) is 8.60. The molecule has 1 aromatic carbocycles. The summed E-state index contributed by atoms with van der Waals surface area (Å²) in [5.74, 6) is -2.16. The minimum atomic E-state index is -0.978. The second-order valence-corrected chi connectivity index (χ2v) is 7.51. The molecule has 152 valence electrons. The van der Waals surface area contributed by atoms with Gasteiger partial charge in [0.15, 0.2) is 0 Å². The monoisotopic (exact) mass is 389 g/mol. The molecule has 2 atom stereocenters. The predicted octanol–water partition coefficient (Wildman–Crippen LogP) is 0.632. The second-order valence-electron chi connectivity index (χ2n) is 7.51. The van der Waals surface area contributed by atoms with Gasteiger partial charge in [-0.05, 0) is 25.6 Å². The average molecular weight is 389 g/mol. The lowest BCUT2D eigenvalue weighted by molar-refractivity contribution is -0.147. The number of ether oxygens (including phenoxy) is 1. The van der Waals surface area contributed by atoms with E-state index in [0.717, 1.165) is 13.1 Å². The first kappa shape index (κ1) is 20.1. The van der Waals surface area contributed by atoms with Crippen molar-refractivity contribution in [2.75, 3.05) is 53.4 Å². The molecular formula is C20H27N3O5. The summed E-state index contributed by atoms with van der Waals surface area (Å²) in [6, 6.07) is 6.86. The fraction of sp³-hybridized carbons (Fsp3) is 0.550. The molecule has 2 aliphatic rings. The van der Waals surface area contributed by atoms with Crippen LogP contribution in [0.2, 0.25) is 0 Å². The van der Waals surface area contributed by atoms with E-state index in [1.807, 2.05) is 7.05 Å². The fourth-order valence-corrected chi connectivity index (χ4v) is 3.90. The van der Waals surface area contributed by atoms with Crippen LogP contribution in [0.4, 0.5) is 0 Å². The van der Waals surface area contributed by atoms with E-state index in [0.29, 0.717) is 24.4 Å². The van der Waals surface area contributed by atoms with Crippen molar-refractivity contribution in [3.63, 3.8) is 0 Å². The summed E-state index contributed by atoms with van der Waals surface area (Å²) in [4.78, 5) is 43.2. The Kier molecular flexibility index (Phi) is 6.18. The molecule has 8 heteroatoms. The Morgan fingerprint density at radius 3 is 2.29 bits per heavy atom. The van der Waals surface area contributed by atoms with Crippen molar-refractivity contribution < 1.29 is 24.2 Å². The quantitative estimate of drug-likeness (QED) is 0.813. The summed E-state index contributed by atoms with van der Waals surface area (Å²) < 4.78 is 5.27. The van der Waals surface area contributed by atoms with Crippen molar-refractivity contribution in [2.45, 2.75) is 6.42 Å². The summed E-state index contributed by atoms with van der Waals surface area (Å²) in [6.07, 6.45) is 0.260. The molecule has 0 aliphatic carbocycles. The van der Waals surface area contributed by atoms with Crippen LogP contribution in [0.15, 0.2) is 24.3 Å². The molecule has 1 N–H and O–H groups in total. The van der Waals surface area contributed by atoms with Gasteiger partial charge >= 0.3 is 5.97 Å². The van der Waals surface area contributed by atoms with E-state index in [1.54, 1.807) is 29.2 Å². The van der Waals surface area contributed by atoms with Crippen LogP contribution in [-0.4, -0.2) is 91.0 Å². The van der Waals surface area contributed by atoms with Crippen molar-refractivity contribution in [3.8, 4) is 5.75 Å². The molecule has 0 unspecified atom stereocenters. The average Bonchev–Trinajstić information content (AvgIpc) is 2.72. The van der Waals surface area contributed by atoms with Gasteiger partial charge < -0.3 is 24.5 Å². The van der Waals surface area contributed by atoms with E-state index in [1.165, 1.54) is 12.0 Å². The molecule has 0 aromatic heterocycles. The highest BCUT2D eigenvalue weighted by atomic mass is 16.5. The first-order valence-corrected chi connectivity index (χ1v) is 9.53. The number of aliphatic carboxylic acids is 1. The Morgan fingerprint density at radius 2 is 1.64 bits per heavy atom. The maximum absolute atomic E-state index is 13.1. The molecule has 1 aromatic rings. The van der Waals surface area contributed by atoms with Crippen molar-refractivity contribution in [2.24, 2.45) is 11.8 Å². The Bertz CT molecular complexity index is 745. The highest BCUT2D eigenvalue weighted by molar-refractivity contribution is 5.97. The summed E-state index contributed by atoms with van der Waals surface area (Å²) in [7, 11) is 3.50. The zero-order chi connectivity index (χ0) is 20.3. The lowest BCUT2D eigenvalue weighted by atomic mass is 9.87. The fourth-order valence-electron chi connectivity index (χ4n) is 3.90. The Labute approximate surface area is 164 Å². The van der Waals surface area contributed by atoms with Crippen molar-refractivity contribution >= 4 is 17.8 Å². The number of likely N-dealkylation sites (tertiary alicyclic amines) is 1. The molecule has 0 bridgehead atoms. The van der Waals surface area contributed by atoms with Crippen LogP contribution in [0, 0.1) is 11.8 Å². The predicted molar refractivity (Wildman–Crippen MR) is 102 cm³/mol. The number of carbonyl (C=O) groups is 3. The third kappa shape index (κ3) is 4.27. The van der Waals surface area contributed by atoms with Gasteiger partial charge in [0, 0.05) is 39.3 Å². The van der Waals surface area contributed by atoms with Gasteiger partial charge in [-0.2, -0.15) is 0 Å². The molecular weight excluding hydrogens is 362 g/mol. The Morgan fingerprint density at radius 1 is 1.00 bits per heavy atom. The molecule has 2 fully saturated rings. The highest BCUT2D eigenvalue weighted by Crippen LogP contribution is 2.28. The van der Waals surface area contributed by atoms with Gasteiger partial charge in [0.2, 0.25) is 5.91 Å². The van der Waals surface area contributed by atoms with Crippen molar-refractivity contribution in [1.82, 2.24) is 14.7 Å². The zero-order valence-corrected chi connectivity index (χ0v) is 16.3. The largest absolute Gasteiger partial charge is 0.496 e. The van der Waals surface area contributed by atoms with Crippen LogP contribution in [0.5, 0.6) is 5.75 Å². The molecule has 2 amide bonds. The number of carbonyl (C=O) groups excluding carboxylic acids is 2. The number of hydrogen-bond donors (Lipinski definition) is 1. The number of methoxy groups -OCH3 is 1. The Hall–Kier alpha value is -2.61. The summed E-state index contributed by atoms with van der Waals surface area (Å²) in [5.41, 5.74) is 0.377. The number of nitrogens with zero attached hydrogens (tertiary/aromatic N) is 3. The number of hydrogen-bond acceptors (Lipinski definition) is 5. The number of piperazine rings is 1. The lowest BCUT2D eigenvalue weighted by Crippen LogP contribution is -2.54. The van der Waals surface area contributed by atoms with E-state index in [4.69, 9.17) is 4.74 Å². The Balaban J connectivity index is 1.79. The number of amides is 2. The topological polar surface area (TPSA) is 90.4 Å². The SMILES string of the molecule is COc1ccccc1C(=O)N1C[C@H](C(=O)O)C[C@H](C(=O)N2CCN(C)CC2)C1. The van der Waals surface area contributed by atoms with Crippen LogP contribution in [0.25, 0.3) is 0 Å². The number of carboxylic acid groups (broad SMARTS) is 1. The van der Waals surface area contributed by atoms with Crippen LogP contribution in [0.1, 0.15) is 16.8 Å². The van der Waals surface area contributed by atoms with Crippen LogP contribution >= 0.6 is 0 Å². The number of rotatable bonds is 4. The lowest BCUT2D eigenvalue weighted by Gasteiger charge is -2.39. The maximum Gasteiger partial charge on any atom is 0.308 e. The van der Waals surface area contributed by atoms with Gasteiger partial charge in [0.1, 0.15) is 5.75 Å². The van der Waals surface area contributed by atoms with Crippen LogP contribution in [0.3, 0.4) is 0 Å². The smallest absolute Gasteiger partial charge is 0.308 e. The number of benzene rings is 1. The molecule has 2 heterocycles. The molecule has 0 radical (unpaired) electrons. The van der Waals surface area contributed by atoms with E-state index in [-0.39, 0.29) is 31.3 Å². The first-order chi connectivity index (χ1) is 13.4. The molecule has 0 spiro atoms. The van der Waals surface area contributed by atoms with E-state index in [2.05, 4.69) is 4.90 Å². The number of likely N-dealkylation sites (N-methyl/N-ethyl adjacent to an activating group) is 1. The van der Waals surface area contributed by atoms with Gasteiger partial charge in [-0.25, -0.2) is 0 Å². The van der Waals surface area contributed by atoms with Gasteiger partial charge in [-0.3, -0.25) is 14.4 Å². The highest BCUT2D eigenvalue weighted by Gasteiger charge is 2.39. The summed E-state index contributed by atoms with van der Waals surface area (Å²) >= 11 is 0. The van der Waals surface area contributed by atoms with Crippen LogP contribution in [-0.2, 0) is 9.59 Å². The molecule has 2 aliphatic heterocycles.